The van der Waals surface area contributed by atoms with Crippen LogP contribution in [0, 0.1) is 5.92 Å². The van der Waals surface area contributed by atoms with Crippen LogP contribution >= 0.6 is 11.3 Å². The fourth-order valence-electron chi connectivity index (χ4n) is 3.59. The van der Waals surface area contributed by atoms with Crippen molar-refractivity contribution < 1.29 is 17.6 Å². The monoisotopic (exact) mass is 445 g/mol. The van der Waals surface area contributed by atoms with Gasteiger partial charge in [0.1, 0.15) is 4.88 Å². The van der Waals surface area contributed by atoms with Gasteiger partial charge in [0.25, 0.3) is 5.91 Å². The van der Waals surface area contributed by atoms with Crippen molar-refractivity contribution in [2.75, 3.05) is 25.9 Å². The molecule has 3 aromatic rings. The summed E-state index contributed by atoms with van der Waals surface area (Å²) in [5, 5.41) is 0.662. The van der Waals surface area contributed by atoms with Crippen molar-refractivity contribution in [2.24, 2.45) is 5.92 Å². The van der Waals surface area contributed by atoms with Crippen LogP contribution in [-0.4, -0.2) is 50.1 Å². The van der Waals surface area contributed by atoms with Crippen LogP contribution in [0.2, 0.25) is 0 Å². The summed E-state index contributed by atoms with van der Waals surface area (Å²) in [5.74, 6) is 0.647. The Labute approximate surface area is 179 Å². The van der Waals surface area contributed by atoms with Gasteiger partial charge in [-0.05, 0) is 30.9 Å². The van der Waals surface area contributed by atoms with Crippen molar-refractivity contribution in [1.29, 1.82) is 0 Å². The van der Waals surface area contributed by atoms with Gasteiger partial charge in [0.15, 0.2) is 10.8 Å². The third kappa shape index (κ3) is 4.80. The van der Waals surface area contributed by atoms with Gasteiger partial charge in [-0.25, -0.2) is 18.1 Å². The maximum Gasteiger partial charge on any atom is 0.266 e. The molecule has 0 radical (unpaired) electrons. The molecule has 1 fully saturated rings. The van der Waals surface area contributed by atoms with Gasteiger partial charge in [-0.15, -0.1) is 11.3 Å². The first-order valence-electron chi connectivity index (χ1n) is 9.75. The zero-order valence-electron chi connectivity index (χ0n) is 16.6. The number of amides is 1. The van der Waals surface area contributed by atoms with Gasteiger partial charge in [-0.2, -0.15) is 0 Å². The Balaban J connectivity index is 1.61. The molecule has 1 amide bonds. The van der Waals surface area contributed by atoms with Gasteiger partial charge < -0.3 is 9.32 Å². The molecule has 0 saturated carbocycles. The van der Waals surface area contributed by atoms with Gasteiger partial charge in [0.2, 0.25) is 10.0 Å². The average Bonchev–Trinajstić information content (AvgIpc) is 3.42. The minimum absolute atomic E-state index is 0.0757. The summed E-state index contributed by atoms with van der Waals surface area (Å²) in [6, 6.07) is 13.3. The predicted molar refractivity (Wildman–Crippen MR) is 117 cm³/mol. The molecule has 30 heavy (non-hydrogen) atoms. The summed E-state index contributed by atoms with van der Waals surface area (Å²) < 4.78 is 30.9. The van der Waals surface area contributed by atoms with Gasteiger partial charge in [0, 0.05) is 25.2 Å². The number of piperidine rings is 1. The molecule has 0 unspecified atom stereocenters. The van der Waals surface area contributed by atoms with Crippen molar-refractivity contribution in [1.82, 2.24) is 14.6 Å². The Morgan fingerprint density at radius 3 is 2.77 bits per heavy atom. The number of furan rings is 1. The number of likely N-dealkylation sites (tertiary alicyclic amines) is 1. The van der Waals surface area contributed by atoms with E-state index in [4.69, 9.17) is 9.40 Å². The SMILES string of the molecule is CS(=O)(=O)NC[C@H]1CCCN(C(=O)c2sc(-c3ccco3)nc2-c2ccccc2)C1. The molecule has 7 nitrogen and oxygen atoms in total. The molecular weight excluding hydrogens is 422 g/mol. The van der Waals surface area contributed by atoms with Crippen LogP contribution in [0.1, 0.15) is 22.5 Å². The molecule has 1 aromatic carbocycles. The number of aromatic nitrogens is 1. The Bertz CT molecular complexity index is 1110. The molecule has 158 valence electrons. The van der Waals surface area contributed by atoms with E-state index < -0.39 is 10.0 Å². The van der Waals surface area contributed by atoms with Crippen molar-refractivity contribution in [3.63, 3.8) is 0 Å². The van der Waals surface area contributed by atoms with Crippen LogP contribution in [0.3, 0.4) is 0 Å². The molecule has 1 N–H and O–H groups in total. The van der Waals surface area contributed by atoms with E-state index in [0.29, 0.717) is 41.0 Å². The summed E-state index contributed by atoms with van der Waals surface area (Å²) >= 11 is 1.33. The zero-order chi connectivity index (χ0) is 21.1. The van der Waals surface area contributed by atoms with Gasteiger partial charge in [-0.1, -0.05) is 30.3 Å². The van der Waals surface area contributed by atoms with E-state index >= 15 is 0 Å². The number of carbonyl (C=O) groups is 1. The maximum absolute atomic E-state index is 13.5. The molecule has 1 aliphatic rings. The van der Waals surface area contributed by atoms with Crippen LogP contribution in [0.25, 0.3) is 22.0 Å². The molecule has 1 atom stereocenters. The third-order valence-electron chi connectivity index (χ3n) is 5.04. The fraction of sp³-hybridized carbons (Fsp3) is 0.333. The molecular formula is C21H23N3O4S2. The smallest absolute Gasteiger partial charge is 0.266 e. The second-order valence-corrected chi connectivity index (χ2v) is 10.3. The van der Waals surface area contributed by atoms with Gasteiger partial charge in [0.05, 0.1) is 18.2 Å². The second kappa shape index (κ2) is 8.71. The topological polar surface area (TPSA) is 92.5 Å². The van der Waals surface area contributed by atoms with E-state index in [9.17, 15) is 13.2 Å². The van der Waals surface area contributed by atoms with Crippen LogP contribution < -0.4 is 4.72 Å². The summed E-state index contributed by atoms with van der Waals surface area (Å²) in [6.45, 7) is 1.51. The summed E-state index contributed by atoms with van der Waals surface area (Å²) in [6.07, 6.45) is 4.47. The number of carbonyl (C=O) groups excluding carboxylic acids is 1. The normalized spacial score (nSPS) is 17.2. The molecule has 9 heteroatoms. The number of nitrogens with zero attached hydrogens (tertiary/aromatic N) is 2. The number of benzene rings is 1. The Morgan fingerprint density at radius 1 is 1.27 bits per heavy atom. The second-order valence-electron chi connectivity index (χ2n) is 7.42. The first kappa shape index (κ1) is 20.8. The standard InChI is InChI=1S/C21H23N3O4S2/c1-30(26,27)22-13-15-7-5-11-24(14-15)21(25)19-18(16-8-3-2-4-9-16)23-20(29-19)17-10-6-12-28-17/h2-4,6,8-10,12,15,22H,5,7,11,13-14H2,1H3/t15-/m1/s1. The quantitative estimate of drug-likeness (QED) is 0.627. The number of sulfonamides is 1. The molecule has 0 bridgehead atoms. The average molecular weight is 446 g/mol. The highest BCUT2D eigenvalue weighted by Gasteiger charge is 2.29. The Morgan fingerprint density at radius 2 is 2.07 bits per heavy atom. The lowest BCUT2D eigenvalue weighted by molar-refractivity contribution is 0.0682. The van der Waals surface area contributed by atoms with Crippen LogP contribution in [0.15, 0.2) is 53.1 Å². The highest BCUT2D eigenvalue weighted by Crippen LogP contribution is 2.35. The first-order valence-corrected chi connectivity index (χ1v) is 12.5. The summed E-state index contributed by atoms with van der Waals surface area (Å²) in [5.41, 5.74) is 1.52. The van der Waals surface area contributed by atoms with Crippen molar-refractivity contribution in [2.45, 2.75) is 12.8 Å². The molecule has 3 heterocycles. The van der Waals surface area contributed by atoms with Crippen molar-refractivity contribution >= 4 is 27.3 Å². The van der Waals surface area contributed by atoms with Crippen LogP contribution in [-0.2, 0) is 10.0 Å². The van der Waals surface area contributed by atoms with E-state index in [1.165, 1.54) is 11.3 Å². The van der Waals surface area contributed by atoms with E-state index in [2.05, 4.69) is 4.72 Å². The molecule has 0 spiro atoms. The number of nitrogens with one attached hydrogen (secondary N) is 1. The largest absolute Gasteiger partial charge is 0.462 e. The maximum atomic E-state index is 13.5. The van der Waals surface area contributed by atoms with Gasteiger partial charge >= 0.3 is 0 Å². The highest BCUT2D eigenvalue weighted by molar-refractivity contribution is 7.88. The Hall–Kier alpha value is -2.49. The van der Waals surface area contributed by atoms with Crippen molar-refractivity contribution in [3.8, 4) is 22.0 Å². The number of rotatable bonds is 6. The predicted octanol–water partition coefficient (Wildman–Crippen LogP) is 3.47. The molecule has 1 aliphatic heterocycles. The van der Waals surface area contributed by atoms with E-state index in [1.54, 1.807) is 12.3 Å². The lowest BCUT2D eigenvalue weighted by Crippen LogP contribution is -2.43. The van der Waals surface area contributed by atoms with Gasteiger partial charge in [-0.3, -0.25) is 4.79 Å². The summed E-state index contributed by atoms with van der Waals surface area (Å²) in [7, 11) is -3.25. The molecule has 1 saturated heterocycles. The summed E-state index contributed by atoms with van der Waals surface area (Å²) in [4.78, 5) is 20.5. The van der Waals surface area contributed by atoms with Crippen LogP contribution in [0.4, 0.5) is 0 Å². The van der Waals surface area contributed by atoms with Crippen molar-refractivity contribution in [3.05, 3.63) is 53.6 Å². The van der Waals surface area contributed by atoms with Crippen LogP contribution in [0.5, 0.6) is 0 Å². The number of thiazole rings is 1. The zero-order valence-corrected chi connectivity index (χ0v) is 18.2. The fourth-order valence-corrected chi connectivity index (χ4v) is 5.15. The van der Waals surface area contributed by atoms with E-state index in [1.807, 2.05) is 41.3 Å². The minimum Gasteiger partial charge on any atom is -0.462 e. The highest BCUT2D eigenvalue weighted by atomic mass is 32.2. The van der Waals surface area contributed by atoms with E-state index in [0.717, 1.165) is 24.7 Å². The molecule has 4 rings (SSSR count). The number of hydrogen-bond acceptors (Lipinski definition) is 6. The van der Waals surface area contributed by atoms with E-state index in [-0.39, 0.29) is 11.8 Å². The lowest BCUT2D eigenvalue weighted by atomic mass is 9.98. The molecule has 2 aromatic heterocycles. The molecule has 0 aliphatic carbocycles. The lowest BCUT2D eigenvalue weighted by Gasteiger charge is -2.32. The minimum atomic E-state index is -3.25. The first-order chi connectivity index (χ1) is 14.4. The third-order valence-corrected chi connectivity index (χ3v) is 6.79. The Kier molecular flexibility index (Phi) is 6.03. The number of hydrogen-bond donors (Lipinski definition) is 1.